The van der Waals surface area contributed by atoms with E-state index in [1.54, 1.807) is 18.7 Å². The molecule has 0 saturated carbocycles. The molecule has 1 aliphatic rings. The summed E-state index contributed by atoms with van der Waals surface area (Å²) in [5.41, 5.74) is 0. The average Bonchev–Trinajstić information content (AvgIpc) is 2.25. The van der Waals surface area contributed by atoms with Crippen LogP contribution in [0.4, 0.5) is 0 Å². The highest BCUT2D eigenvalue weighted by atomic mass is 32.2. The number of rotatable bonds is 5. The van der Waals surface area contributed by atoms with Crippen LogP contribution in [0.15, 0.2) is 0 Å². The minimum atomic E-state index is -3.10. The maximum atomic E-state index is 11.8. The minimum Gasteiger partial charge on any atom is -0.480 e. The molecule has 1 fully saturated rings. The van der Waals surface area contributed by atoms with Crippen LogP contribution in [0.1, 0.15) is 33.6 Å². The lowest BCUT2D eigenvalue weighted by Gasteiger charge is -2.37. The van der Waals surface area contributed by atoms with Crippen LogP contribution in [-0.2, 0) is 14.6 Å². The fraction of sp³-hybridized carbons (Fsp3) is 0.917. The van der Waals surface area contributed by atoms with E-state index in [1.165, 1.54) is 0 Å². The molecule has 106 valence electrons. The van der Waals surface area contributed by atoms with Crippen LogP contribution in [0, 0.1) is 5.92 Å². The second-order valence-electron chi connectivity index (χ2n) is 5.35. The van der Waals surface area contributed by atoms with Crippen LogP contribution in [0.5, 0.6) is 0 Å². The van der Waals surface area contributed by atoms with Crippen LogP contribution in [-0.4, -0.2) is 54.5 Å². The number of piperidine rings is 1. The molecule has 5 nitrogen and oxygen atoms in total. The molecule has 2 atom stereocenters. The van der Waals surface area contributed by atoms with Crippen LogP contribution in [0.3, 0.4) is 0 Å². The molecule has 18 heavy (non-hydrogen) atoms. The lowest BCUT2D eigenvalue weighted by Crippen LogP contribution is -2.50. The molecule has 0 aliphatic carbocycles. The van der Waals surface area contributed by atoms with E-state index in [0.29, 0.717) is 13.1 Å². The molecule has 0 radical (unpaired) electrons. The van der Waals surface area contributed by atoms with Crippen molar-refractivity contribution in [3.8, 4) is 0 Å². The zero-order valence-electron chi connectivity index (χ0n) is 11.3. The second kappa shape index (κ2) is 6.02. The topological polar surface area (TPSA) is 74.7 Å². The van der Waals surface area contributed by atoms with Gasteiger partial charge in [-0.05, 0) is 39.2 Å². The molecular weight excluding hydrogens is 254 g/mol. The van der Waals surface area contributed by atoms with Gasteiger partial charge in [-0.3, -0.25) is 9.69 Å². The number of hydrogen-bond donors (Lipinski definition) is 1. The summed E-state index contributed by atoms with van der Waals surface area (Å²) in [4.78, 5) is 13.0. The fourth-order valence-corrected chi connectivity index (χ4v) is 3.36. The highest BCUT2D eigenvalue weighted by Crippen LogP contribution is 2.23. The van der Waals surface area contributed by atoms with Crippen molar-refractivity contribution in [2.24, 2.45) is 5.92 Å². The van der Waals surface area contributed by atoms with E-state index in [9.17, 15) is 18.3 Å². The number of carbonyl (C=O) groups is 1. The van der Waals surface area contributed by atoms with Crippen molar-refractivity contribution in [3.63, 3.8) is 0 Å². The Morgan fingerprint density at radius 1 is 1.44 bits per heavy atom. The maximum absolute atomic E-state index is 11.8. The summed E-state index contributed by atoms with van der Waals surface area (Å²) < 4.78 is 23.5. The van der Waals surface area contributed by atoms with E-state index < -0.39 is 27.1 Å². The van der Waals surface area contributed by atoms with Gasteiger partial charge in [0.25, 0.3) is 0 Å². The summed E-state index contributed by atoms with van der Waals surface area (Å²) in [6.07, 6.45) is 1.83. The van der Waals surface area contributed by atoms with E-state index in [-0.39, 0.29) is 11.7 Å². The summed E-state index contributed by atoms with van der Waals surface area (Å²) in [6, 6.07) is -0.541. The van der Waals surface area contributed by atoms with E-state index in [0.717, 1.165) is 12.8 Å². The van der Waals surface area contributed by atoms with Gasteiger partial charge in [-0.2, -0.15) is 0 Å². The first kappa shape index (κ1) is 15.4. The molecule has 0 aromatic heterocycles. The molecular formula is C12H23NO4S. The fourth-order valence-electron chi connectivity index (χ4n) is 2.40. The summed E-state index contributed by atoms with van der Waals surface area (Å²) in [5.74, 6) is -0.719. The van der Waals surface area contributed by atoms with Crippen molar-refractivity contribution in [2.45, 2.75) is 44.9 Å². The first-order chi connectivity index (χ1) is 8.25. The number of carboxylic acid groups (broad SMARTS) is 1. The molecule has 0 aromatic rings. The van der Waals surface area contributed by atoms with Gasteiger partial charge in [0.2, 0.25) is 0 Å². The van der Waals surface area contributed by atoms with Gasteiger partial charge >= 0.3 is 5.97 Å². The third kappa shape index (κ3) is 3.68. The zero-order valence-corrected chi connectivity index (χ0v) is 12.1. The first-order valence-electron chi connectivity index (χ1n) is 6.44. The van der Waals surface area contributed by atoms with Crippen LogP contribution >= 0.6 is 0 Å². The predicted octanol–water partition coefficient (Wildman–Crippen LogP) is 0.995. The van der Waals surface area contributed by atoms with E-state index in [4.69, 9.17) is 0 Å². The van der Waals surface area contributed by atoms with Crippen molar-refractivity contribution in [3.05, 3.63) is 0 Å². The quantitative estimate of drug-likeness (QED) is 0.811. The molecule has 1 aliphatic heterocycles. The van der Waals surface area contributed by atoms with E-state index >= 15 is 0 Å². The average molecular weight is 277 g/mol. The maximum Gasteiger partial charge on any atom is 0.321 e. The number of sulfone groups is 1. The van der Waals surface area contributed by atoms with Crippen molar-refractivity contribution < 1.29 is 18.3 Å². The highest BCUT2D eigenvalue weighted by molar-refractivity contribution is 7.92. The number of carboxylic acids is 1. The Labute approximate surface area is 109 Å². The third-order valence-corrected chi connectivity index (χ3v) is 5.86. The van der Waals surface area contributed by atoms with Gasteiger partial charge < -0.3 is 5.11 Å². The number of likely N-dealkylation sites (tertiary alicyclic amines) is 1. The summed E-state index contributed by atoms with van der Waals surface area (Å²) in [7, 11) is -3.10. The second-order valence-corrected chi connectivity index (χ2v) is 8.03. The van der Waals surface area contributed by atoms with Gasteiger partial charge in [0.05, 0.1) is 11.0 Å². The normalized spacial score (nSPS) is 26.4. The highest BCUT2D eigenvalue weighted by Gasteiger charge is 2.34. The van der Waals surface area contributed by atoms with Crippen molar-refractivity contribution in [1.82, 2.24) is 4.90 Å². The standard InChI is InChI=1S/C12H23NO4S/c1-9(2)18(16,17)8-7-13-6-4-5-10(3)11(13)12(14)15/h9-11H,4-8H2,1-3H3,(H,14,15). The molecule has 1 heterocycles. The van der Waals surface area contributed by atoms with Crippen molar-refractivity contribution in [2.75, 3.05) is 18.8 Å². The Morgan fingerprint density at radius 2 is 2.06 bits per heavy atom. The molecule has 1 N–H and O–H groups in total. The monoisotopic (exact) mass is 277 g/mol. The SMILES string of the molecule is CC1CCCN(CCS(=O)(=O)C(C)C)C1C(=O)O. The lowest BCUT2D eigenvalue weighted by molar-refractivity contribution is -0.146. The smallest absolute Gasteiger partial charge is 0.321 e. The van der Waals surface area contributed by atoms with Gasteiger partial charge in [-0.25, -0.2) is 8.42 Å². The lowest BCUT2D eigenvalue weighted by atomic mass is 9.91. The van der Waals surface area contributed by atoms with Crippen LogP contribution in [0.25, 0.3) is 0 Å². The molecule has 1 saturated heterocycles. The van der Waals surface area contributed by atoms with Crippen LogP contribution < -0.4 is 0 Å². The van der Waals surface area contributed by atoms with Crippen molar-refractivity contribution in [1.29, 1.82) is 0 Å². The molecule has 0 bridgehead atoms. The third-order valence-electron chi connectivity index (χ3n) is 3.67. The molecule has 2 unspecified atom stereocenters. The van der Waals surface area contributed by atoms with Crippen molar-refractivity contribution >= 4 is 15.8 Å². The van der Waals surface area contributed by atoms with Gasteiger partial charge in [0.15, 0.2) is 9.84 Å². The molecule has 1 rings (SSSR count). The summed E-state index contributed by atoms with van der Waals surface area (Å²) in [6.45, 7) is 6.23. The zero-order chi connectivity index (χ0) is 13.9. The first-order valence-corrected chi connectivity index (χ1v) is 8.15. The van der Waals surface area contributed by atoms with Gasteiger partial charge in [-0.1, -0.05) is 6.92 Å². The van der Waals surface area contributed by atoms with Gasteiger partial charge in [0.1, 0.15) is 6.04 Å². The molecule has 0 amide bonds. The Hall–Kier alpha value is -0.620. The summed E-state index contributed by atoms with van der Waals surface area (Å²) >= 11 is 0. The molecule has 0 aromatic carbocycles. The predicted molar refractivity (Wildman–Crippen MR) is 70.3 cm³/mol. The summed E-state index contributed by atoms with van der Waals surface area (Å²) in [5, 5.41) is 8.83. The molecule has 6 heteroatoms. The Balaban J connectivity index is 2.67. The Kier molecular flexibility index (Phi) is 5.16. The number of hydrogen-bond acceptors (Lipinski definition) is 4. The van der Waals surface area contributed by atoms with Gasteiger partial charge in [-0.15, -0.1) is 0 Å². The Morgan fingerprint density at radius 3 is 2.56 bits per heavy atom. The van der Waals surface area contributed by atoms with E-state index in [2.05, 4.69) is 0 Å². The largest absolute Gasteiger partial charge is 0.480 e. The van der Waals surface area contributed by atoms with Gasteiger partial charge in [0, 0.05) is 6.54 Å². The Bertz CT molecular complexity index is 391. The number of nitrogens with zero attached hydrogens (tertiary/aromatic N) is 1. The van der Waals surface area contributed by atoms with E-state index in [1.807, 2.05) is 6.92 Å². The number of aliphatic carboxylic acids is 1. The minimum absolute atomic E-state index is 0.0428. The van der Waals surface area contributed by atoms with Crippen LogP contribution in [0.2, 0.25) is 0 Å². The molecule has 0 spiro atoms.